The summed E-state index contributed by atoms with van der Waals surface area (Å²) in [7, 11) is 0. The van der Waals surface area contributed by atoms with Gasteiger partial charge in [-0.2, -0.15) is 5.10 Å². The second kappa shape index (κ2) is 7.52. The molecule has 0 saturated carbocycles. The van der Waals surface area contributed by atoms with Gasteiger partial charge in [0.15, 0.2) is 0 Å². The predicted molar refractivity (Wildman–Crippen MR) is 87.0 cm³/mol. The summed E-state index contributed by atoms with van der Waals surface area (Å²) >= 11 is 0. The first kappa shape index (κ1) is 17.2. The van der Waals surface area contributed by atoms with Crippen molar-refractivity contribution < 1.29 is 13.6 Å². The van der Waals surface area contributed by atoms with Gasteiger partial charge in [-0.3, -0.25) is 14.5 Å². The third-order valence-corrected chi connectivity index (χ3v) is 4.20. The van der Waals surface area contributed by atoms with Crippen LogP contribution < -0.4 is 10.9 Å². The molecule has 0 aliphatic carbocycles. The topological polar surface area (TPSA) is 78.1 Å². The van der Waals surface area contributed by atoms with Gasteiger partial charge >= 0.3 is 0 Å². The van der Waals surface area contributed by atoms with Gasteiger partial charge in [-0.1, -0.05) is 6.07 Å². The summed E-state index contributed by atoms with van der Waals surface area (Å²) < 4.78 is 27.6. The van der Waals surface area contributed by atoms with Crippen LogP contribution >= 0.6 is 0 Å². The number of amides is 1. The Bertz CT molecular complexity index is 784. The first-order chi connectivity index (χ1) is 12.0. The van der Waals surface area contributed by atoms with Crippen molar-refractivity contribution >= 4 is 5.91 Å². The highest BCUT2D eigenvalue weighted by atomic mass is 19.1. The van der Waals surface area contributed by atoms with Crippen molar-refractivity contribution in [2.75, 3.05) is 13.1 Å². The number of rotatable bonds is 4. The van der Waals surface area contributed by atoms with Gasteiger partial charge in [-0.05, 0) is 37.6 Å². The predicted octanol–water partition coefficient (Wildman–Crippen LogP) is 1.44. The molecular weight excluding hydrogens is 330 g/mol. The van der Waals surface area contributed by atoms with Crippen LogP contribution in [0.3, 0.4) is 0 Å². The summed E-state index contributed by atoms with van der Waals surface area (Å²) in [6.45, 7) is 1.35. The Morgan fingerprint density at radius 3 is 2.72 bits per heavy atom. The van der Waals surface area contributed by atoms with Gasteiger partial charge < -0.3 is 5.32 Å². The lowest BCUT2D eigenvalue weighted by Crippen LogP contribution is -2.47. The highest BCUT2D eigenvalue weighted by Crippen LogP contribution is 2.18. The fourth-order valence-corrected chi connectivity index (χ4v) is 2.95. The molecule has 1 aromatic heterocycles. The Morgan fingerprint density at radius 2 is 2.04 bits per heavy atom. The summed E-state index contributed by atoms with van der Waals surface area (Å²) in [5.41, 5.74) is -0.221. The average Bonchev–Trinajstić information content (AvgIpc) is 2.59. The highest BCUT2D eigenvalue weighted by Gasteiger charge is 2.24. The van der Waals surface area contributed by atoms with E-state index in [4.69, 9.17) is 0 Å². The molecule has 1 aliphatic rings. The number of halogens is 2. The molecule has 1 aliphatic heterocycles. The molecule has 1 amide bonds. The average molecular weight is 348 g/mol. The number of aromatic amines is 1. The fraction of sp³-hybridized carbons (Fsp3) is 0.353. The number of carbonyl (C=O) groups excluding carboxylic acids is 1. The molecule has 6 nitrogen and oxygen atoms in total. The minimum absolute atomic E-state index is 0.0387. The van der Waals surface area contributed by atoms with E-state index in [1.165, 1.54) is 30.3 Å². The second-order valence-electron chi connectivity index (χ2n) is 6.05. The number of likely N-dealkylation sites (tertiary alicyclic amines) is 1. The Hall–Kier alpha value is -2.61. The summed E-state index contributed by atoms with van der Waals surface area (Å²) in [6.07, 6.45) is 1.57. The molecule has 1 saturated heterocycles. The van der Waals surface area contributed by atoms with Crippen LogP contribution in [0, 0.1) is 11.6 Å². The smallest absolute Gasteiger partial charge is 0.271 e. The van der Waals surface area contributed by atoms with Crippen LogP contribution in [0.25, 0.3) is 0 Å². The zero-order valence-electron chi connectivity index (χ0n) is 13.5. The maximum Gasteiger partial charge on any atom is 0.271 e. The number of hydrogen-bond donors (Lipinski definition) is 2. The molecule has 1 aromatic carbocycles. The summed E-state index contributed by atoms with van der Waals surface area (Å²) in [5.74, 6) is -1.52. The maximum atomic E-state index is 13.8. The van der Waals surface area contributed by atoms with Crippen LogP contribution in [0.1, 0.15) is 28.9 Å². The summed E-state index contributed by atoms with van der Waals surface area (Å²) in [5, 5.41) is 8.75. The summed E-state index contributed by atoms with van der Waals surface area (Å²) in [4.78, 5) is 25.1. The van der Waals surface area contributed by atoms with Crippen LogP contribution in [-0.2, 0) is 6.54 Å². The van der Waals surface area contributed by atoms with E-state index in [0.717, 1.165) is 12.8 Å². The van der Waals surface area contributed by atoms with Crippen LogP contribution in [0.15, 0.2) is 35.1 Å². The largest absolute Gasteiger partial charge is 0.347 e. The van der Waals surface area contributed by atoms with Crippen molar-refractivity contribution in [1.82, 2.24) is 20.4 Å². The molecule has 2 aromatic rings. The van der Waals surface area contributed by atoms with Gasteiger partial charge in [0.25, 0.3) is 11.5 Å². The monoisotopic (exact) mass is 348 g/mol. The molecule has 2 N–H and O–H groups in total. The molecule has 1 unspecified atom stereocenters. The van der Waals surface area contributed by atoms with Gasteiger partial charge in [-0.15, -0.1) is 0 Å². The number of benzene rings is 1. The Kier molecular flexibility index (Phi) is 5.18. The van der Waals surface area contributed by atoms with Crippen LogP contribution in [-0.4, -0.2) is 40.1 Å². The van der Waals surface area contributed by atoms with E-state index in [2.05, 4.69) is 15.5 Å². The molecule has 0 spiro atoms. The highest BCUT2D eigenvalue weighted by molar-refractivity contribution is 5.92. The number of hydrogen-bond acceptors (Lipinski definition) is 4. The number of piperidine rings is 1. The molecule has 2 heterocycles. The van der Waals surface area contributed by atoms with Gasteiger partial charge in [0.2, 0.25) is 0 Å². The normalized spacial score (nSPS) is 18.1. The van der Waals surface area contributed by atoms with Crippen molar-refractivity contribution in [1.29, 1.82) is 0 Å². The van der Waals surface area contributed by atoms with Crippen molar-refractivity contribution in [2.24, 2.45) is 0 Å². The van der Waals surface area contributed by atoms with Gasteiger partial charge in [0.05, 0.1) is 0 Å². The van der Waals surface area contributed by atoms with Crippen LogP contribution in [0.2, 0.25) is 0 Å². The minimum atomic E-state index is -0.566. The molecule has 132 valence electrons. The van der Waals surface area contributed by atoms with E-state index in [9.17, 15) is 18.4 Å². The second-order valence-corrected chi connectivity index (χ2v) is 6.05. The third kappa shape index (κ3) is 4.27. The molecule has 8 heteroatoms. The number of carbonyl (C=O) groups is 1. The third-order valence-electron chi connectivity index (χ3n) is 4.20. The molecule has 0 bridgehead atoms. The van der Waals surface area contributed by atoms with E-state index in [1.54, 1.807) is 0 Å². The van der Waals surface area contributed by atoms with E-state index in [1.807, 2.05) is 4.90 Å². The molecule has 25 heavy (non-hydrogen) atoms. The Balaban J connectivity index is 1.62. The first-order valence-corrected chi connectivity index (χ1v) is 8.05. The molecule has 0 radical (unpaired) electrons. The SMILES string of the molecule is O=C(NC1CCCN(Cc2c(F)cccc2F)C1)c1ccc(=O)[nH]n1. The zero-order chi connectivity index (χ0) is 17.8. The lowest BCUT2D eigenvalue weighted by molar-refractivity contribution is 0.0893. The Labute approximate surface area is 142 Å². The molecule has 3 rings (SSSR count). The Morgan fingerprint density at radius 1 is 1.28 bits per heavy atom. The lowest BCUT2D eigenvalue weighted by atomic mass is 10.0. The lowest BCUT2D eigenvalue weighted by Gasteiger charge is -2.33. The zero-order valence-corrected chi connectivity index (χ0v) is 13.5. The number of nitrogens with one attached hydrogen (secondary N) is 2. The van der Waals surface area contributed by atoms with E-state index in [0.29, 0.717) is 13.1 Å². The van der Waals surface area contributed by atoms with Gasteiger partial charge in [0.1, 0.15) is 17.3 Å². The van der Waals surface area contributed by atoms with Crippen molar-refractivity contribution in [3.63, 3.8) is 0 Å². The fourth-order valence-electron chi connectivity index (χ4n) is 2.95. The summed E-state index contributed by atoms with van der Waals surface area (Å²) in [6, 6.07) is 6.25. The van der Waals surface area contributed by atoms with Crippen molar-refractivity contribution in [2.45, 2.75) is 25.4 Å². The number of nitrogens with zero attached hydrogens (tertiary/aromatic N) is 2. The maximum absolute atomic E-state index is 13.8. The standard InChI is InChI=1S/C17H18F2N4O2/c18-13-4-1-5-14(19)12(13)10-23-8-2-3-11(9-23)20-17(25)15-6-7-16(24)22-21-15/h1,4-7,11H,2-3,8-10H2,(H,20,25)(H,22,24). The van der Waals surface area contributed by atoms with Crippen LogP contribution in [0.5, 0.6) is 0 Å². The molecule has 1 fully saturated rings. The number of H-pyrrole nitrogens is 1. The van der Waals surface area contributed by atoms with Gasteiger partial charge in [-0.25, -0.2) is 13.9 Å². The van der Waals surface area contributed by atoms with Crippen molar-refractivity contribution in [3.05, 3.63) is 63.6 Å². The quantitative estimate of drug-likeness (QED) is 0.877. The van der Waals surface area contributed by atoms with E-state index < -0.39 is 11.6 Å². The number of aromatic nitrogens is 2. The molecule has 1 atom stereocenters. The molecular formula is C17H18F2N4O2. The van der Waals surface area contributed by atoms with E-state index >= 15 is 0 Å². The van der Waals surface area contributed by atoms with Crippen molar-refractivity contribution in [3.8, 4) is 0 Å². The first-order valence-electron chi connectivity index (χ1n) is 8.05. The van der Waals surface area contributed by atoms with Gasteiger partial charge in [0, 0.05) is 30.8 Å². The van der Waals surface area contributed by atoms with E-state index in [-0.39, 0.29) is 35.3 Å². The minimum Gasteiger partial charge on any atom is -0.347 e. The van der Waals surface area contributed by atoms with Crippen LogP contribution in [0.4, 0.5) is 8.78 Å².